The van der Waals surface area contributed by atoms with Gasteiger partial charge in [0.25, 0.3) is 0 Å². The fourth-order valence-corrected chi connectivity index (χ4v) is 2.54. The lowest BCUT2D eigenvalue weighted by atomic mass is 9.99. The number of hydrogen-bond donors (Lipinski definition) is 2. The van der Waals surface area contributed by atoms with Gasteiger partial charge < -0.3 is 20.5 Å². The number of ether oxygens (including phenoxy) is 2. The van der Waals surface area contributed by atoms with Crippen molar-refractivity contribution in [3.63, 3.8) is 0 Å². The number of rotatable bonds is 7. The predicted octanol–water partition coefficient (Wildman–Crippen LogP) is 2.46. The lowest BCUT2D eigenvalue weighted by Gasteiger charge is -2.18. The van der Waals surface area contributed by atoms with Gasteiger partial charge in [-0.05, 0) is 39.5 Å². The van der Waals surface area contributed by atoms with Crippen LogP contribution in [0.15, 0.2) is 16.6 Å². The van der Waals surface area contributed by atoms with Crippen LogP contribution in [0.2, 0.25) is 0 Å². The molecule has 0 saturated carbocycles. The summed E-state index contributed by atoms with van der Waals surface area (Å²) in [4.78, 5) is 12.0. The minimum atomic E-state index is -0.487. The first kappa shape index (κ1) is 17.8. The molecule has 1 rings (SSSR count). The summed E-state index contributed by atoms with van der Waals surface area (Å²) < 4.78 is 11.3. The van der Waals surface area contributed by atoms with E-state index in [0.717, 1.165) is 16.5 Å². The molecule has 1 aromatic carbocycles. The topological polar surface area (TPSA) is 73.6 Å². The summed E-state index contributed by atoms with van der Waals surface area (Å²) in [5.41, 5.74) is 6.81. The predicted molar refractivity (Wildman–Crippen MR) is 86.5 cm³/mol. The first-order valence-corrected chi connectivity index (χ1v) is 7.67. The van der Waals surface area contributed by atoms with Gasteiger partial charge >= 0.3 is 0 Å². The molecule has 0 aliphatic rings. The highest BCUT2D eigenvalue weighted by atomic mass is 79.9. The van der Waals surface area contributed by atoms with Gasteiger partial charge in [0.05, 0.1) is 24.7 Å². The van der Waals surface area contributed by atoms with Crippen molar-refractivity contribution >= 4 is 21.8 Å². The Balaban J connectivity index is 2.76. The smallest absolute Gasteiger partial charge is 0.237 e. The SMILES string of the molecule is CCC(C)C(N)C(=O)NCc1cc(Br)c(OC)c(OC)c1. The molecule has 1 aromatic rings. The highest BCUT2D eigenvalue weighted by molar-refractivity contribution is 9.10. The quantitative estimate of drug-likeness (QED) is 0.784. The van der Waals surface area contributed by atoms with Gasteiger partial charge in [0.15, 0.2) is 11.5 Å². The number of halogens is 1. The van der Waals surface area contributed by atoms with E-state index in [2.05, 4.69) is 21.2 Å². The molecule has 5 nitrogen and oxygen atoms in total. The van der Waals surface area contributed by atoms with Gasteiger partial charge in [0.2, 0.25) is 5.91 Å². The Labute approximate surface area is 134 Å². The maximum atomic E-state index is 12.0. The summed E-state index contributed by atoms with van der Waals surface area (Å²) in [5, 5.41) is 2.85. The molecule has 0 heterocycles. The lowest BCUT2D eigenvalue weighted by molar-refractivity contribution is -0.123. The van der Waals surface area contributed by atoms with Crippen LogP contribution in [0.4, 0.5) is 0 Å². The summed E-state index contributed by atoms with van der Waals surface area (Å²) in [7, 11) is 3.15. The van der Waals surface area contributed by atoms with Crippen LogP contribution in [0, 0.1) is 5.92 Å². The summed E-state index contributed by atoms with van der Waals surface area (Å²) in [6.07, 6.45) is 0.872. The van der Waals surface area contributed by atoms with Gasteiger partial charge in [-0.25, -0.2) is 0 Å². The third kappa shape index (κ3) is 4.61. The Hall–Kier alpha value is -1.27. The number of nitrogens with two attached hydrogens (primary N) is 1. The van der Waals surface area contributed by atoms with Gasteiger partial charge in [0.1, 0.15) is 0 Å². The van der Waals surface area contributed by atoms with Gasteiger partial charge in [-0.15, -0.1) is 0 Å². The van der Waals surface area contributed by atoms with Gasteiger partial charge in [0, 0.05) is 6.54 Å². The second kappa shape index (κ2) is 8.24. The van der Waals surface area contributed by atoms with Gasteiger partial charge in [-0.3, -0.25) is 4.79 Å². The van der Waals surface area contributed by atoms with E-state index in [4.69, 9.17) is 15.2 Å². The minimum Gasteiger partial charge on any atom is -0.493 e. The Morgan fingerprint density at radius 3 is 2.57 bits per heavy atom. The third-order valence-corrected chi connectivity index (χ3v) is 4.11. The average Bonchev–Trinajstić information content (AvgIpc) is 2.50. The van der Waals surface area contributed by atoms with E-state index in [0.29, 0.717) is 18.0 Å². The van der Waals surface area contributed by atoms with Crippen molar-refractivity contribution in [1.82, 2.24) is 5.32 Å². The second-order valence-corrected chi connectivity index (χ2v) is 5.80. The van der Waals surface area contributed by atoms with Crippen molar-refractivity contribution in [2.45, 2.75) is 32.9 Å². The molecule has 0 fully saturated rings. The number of amides is 1. The summed E-state index contributed by atoms with van der Waals surface area (Å²) in [6, 6.07) is 3.23. The number of hydrogen-bond acceptors (Lipinski definition) is 4. The fraction of sp³-hybridized carbons (Fsp3) is 0.533. The van der Waals surface area contributed by atoms with Crippen molar-refractivity contribution in [2.24, 2.45) is 11.7 Å². The zero-order valence-corrected chi connectivity index (χ0v) is 14.5. The number of carbonyl (C=O) groups is 1. The summed E-state index contributed by atoms with van der Waals surface area (Å²) in [6.45, 7) is 4.38. The Kier molecular flexibility index (Phi) is 6.98. The highest BCUT2D eigenvalue weighted by Crippen LogP contribution is 2.36. The lowest BCUT2D eigenvalue weighted by Crippen LogP contribution is -2.44. The van der Waals surface area contributed by atoms with E-state index >= 15 is 0 Å². The second-order valence-electron chi connectivity index (χ2n) is 4.94. The van der Waals surface area contributed by atoms with Crippen LogP contribution in [0.1, 0.15) is 25.8 Å². The molecule has 1 amide bonds. The molecule has 0 radical (unpaired) electrons. The molecule has 0 bridgehead atoms. The van der Waals surface area contributed by atoms with Crippen molar-refractivity contribution < 1.29 is 14.3 Å². The maximum absolute atomic E-state index is 12.0. The number of nitrogens with one attached hydrogen (secondary N) is 1. The summed E-state index contributed by atoms with van der Waals surface area (Å²) >= 11 is 3.43. The molecule has 2 atom stereocenters. The van der Waals surface area contributed by atoms with E-state index < -0.39 is 6.04 Å². The number of methoxy groups -OCH3 is 2. The first-order chi connectivity index (χ1) is 9.94. The fourth-order valence-electron chi connectivity index (χ4n) is 1.89. The maximum Gasteiger partial charge on any atom is 0.237 e. The monoisotopic (exact) mass is 358 g/mol. The van der Waals surface area contributed by atoms with E-state index in [1.165, 1.54) is 0 Å². The number of benzene rings is 1. The zero-order chi connectivity index (χ0) is 16.0. The van der Waals surface area contributed by atoms with E-state index in [9.17, 15) is 4.79 Å². The van der Waals surface area contributed by atoms with Gasteiger partial charge in [-0.1, -0.05) is 20.3 Å². The molecule has 3 N–H and O–H groups in total. The zero-order valence-electron chi connectivity index (χ0n) is 12.9. The molecule has 118 valence electrons. The molecular weight excluding hydrogens is 336 g/mol. The molecule has 21 heavy (non-hydrogen) atoms. The minimum absolute atomic E-state index is 0.143. The van der Waals surface area contributed by atoms with Crippen LogP contribution in [0.5, 0.6) is 11.5 Å². The number of carbonyl (C=O) groups excluding carboxylic acids is 1. The van der Waals surface area contributed by atoms with Crippen molar-refractivity contribution in [3.8, 4) is 11.5 Å². The standard InChI is InChI=1S/C15H23BrN2O3/c1-5-9(2)13(17)15(19)18-8-10-6-11(16)14(21-4)12(7-10)20-3/h6-7,9,13H,5,8,17H2,1-4H3,(H,18,19). The van der Waals surface area contributed by atoms with Crippen molar-refractivity contribution in [2.75, 3.05) is 14.2 Å². The molecule has 0 aromatic heterocycles. The van der Waals surface area contributed by atoms with Gasteiger partial charge in [-0.2, -0.15) is 0 Å². The van der Waals surface area contributed by atoms with Crippen LogP contribution in [0.25, 0.3) is 0 Å². The van der Waals surface area contributed by atoms with E-state index in [1.54, 1.807) is 14.2 Å². The normalized spacial score (nSPS) is 13.4. The van der Waals surface area contributed by atoms with E-state index in [1.807, 2.05) is 26.0 Å². The molecule has 0 saturated heterocycles. The van der Waals surface area contributed by atoms with Crippen LogP contribution in [0.3, 0.4) is 0 Å². The Bertz CT molecular complexity index is 494. The van der Waals surface area contributed by atoms with Crippen LogP contribution >= 0.6 is 15.9 Å². The Morgan fingerprint density at radius 1 is 1.38 bits per heavy atom. The molecule has 2 unspecified atom stereocenters. The van der Waals surface area contributed by atoms with Crippen molar-refractivity contribution in [3.05, 3.63) is 22.2 Å². The molecule has 0 aliphatic carbocycles. The molecular formula is C15H23BrN2O3. The first-order valence-electron chi connectivity index (χ1n) is 6.88. The molecule has 0 spiro atoms. The van der Waals surface area contributed by atoms with Crippen LogP contribution in [-0.2, 0) is 11.3 Å². The van der Waals surface area contributed by atoms with Crippen LogP contribution in [-0.4, -0.2) is 26.2 Å². The average molecular weight is 359 g/mol. The molecule has 0 aliphatic heterocycles. The molecule has 6 heteroatoms. The highest BCUT2D eigenvalue weighted by Gasteiger charge is 2.19. The van der Waals surface area contributed by atoms with E-state index in [-0.39, 0.29) is 11.8 Å². The Morgan fingerprint density at radius 2 is 2.05 bits per heavy atom. The summed E-state index contributed by atoms with van der Waals surface area (Å²) in [5.74, 6) is 1.25. The van der Waals surface area contributed by atoms with Crippen LogP contribution < -0.4 is 20.5 Å². The largest absolute Gasteiger partial charge is 0.493 e. The van der Waals surface area contributed by atoms with Crippen molar-refractivity contribution in [1.29, 1.82) is 0 Å². The third-order valence-electron chi connectivity index (χ3n) is 3.52.